The molecule has 1 unspecified atom stereocenters. The summed E-state index contributed by atoms with van der Waals surface area (Å²) in [6.07, 6.45) is 1.59. The maximum absolute atomic E-state index is 12.9. The van der Waals surface area contributed by atoms with Gasteiger partial charge in [0.15, 0.2) is 5.78 Å². The van der Waals surface area contributed by atoms with Crippen molar-refractivity contribution >= 4 is 28.2 Å². The van der Waals surface area contributed by atoms with Crippen LogP contribution in [-0.2, 0) is 10.0 Å². The van der Waals surface area contributed by atoms with Crippen molar-refractivity contribution in [1.82, 2.24) is 9.62 Å². The van der Waals surface area contributed by atoms with Gasteiger partial charge in [-0.3, -0.25) is 4.79 Å². The van der Waals surface area contributed by atoms with Crippen LogP contribution in [0, 0.1) is 0 Å². The van der Waals surface area contributed by atoms with Crippen LogP contribution < -0.4 is 5.32 Å². The van der Waals surface area contributed by atoms with Gasteiger partial charge in [0, 0.05) is 24.7 Å². The lowest BCUT2D eigenvalue weighted by atomic mass is 10.2. The predicted octanol–water partition coefficient (Wildman–Crippen LogP) is 2.07. The molecule has 1 heterocycles. The third-order valence-corrected chi connectivity index (χ3v) is 5.68. The van der Waals surface area contributed by atoms with E-state index in [9.17, 15) is 13.2 Å². The van der Waals surface area contributed by atoms with Gasteiger partial charge in [0.05, 0.1) is 4.90 Å². The lowest BCUT2D eigenvalue weighted by Gasteiger charge is -2.27. The second kappa shape index (κ2) is 8.06. The van der Waals surface area contributed by atoms with Crippen LogP contribution in [0.4, 0.5) is 0 Å². The molecule has 1 aromatic carbocycles. The highest BCUT2D eigenvalue weighted by molar-refractivity contribution is 7.89. The summed E-state index contributed by atoms with van der Waals surface area (Å²) in [7, 11) is -3.56. The number of Topliss-reactive ketones (excluding diaryl/α,β-unsaturated/α-hetero) is 1. The summed E-state index contributed by atoms with van der Waals surface area (Å²) in [4.78, 5) is 11.7. The molecule has 1 aromatic rings. The molecule has 0 saturated carbocycles. The number of hydrogen-bond donors (Lipinski definition) is 1. The Morgan fingerprint density at radius 3 is 2.68 bits per heavy atom. The van der Waals surface area contributed by atoms with Crippen molar-refractivity contribution in [3.05, 3.63) is 29.8 Å². The van der Waals surface area contributed by atoms with Crippen LogP contribution in [0.5, 0.6) is 0 Å². The first-order valence-electron chi connectivity index (χ1n) is 7.30. The average Bonchev–Trinajstić information content (AvgIpc) is 2.98. The zero-order valence-corrected chi connectivity index (χ0v) is 14.5. The number of benzene rings is 1. The number of hydrogen-bond acceptors (Lipinski definition) is 4. The fourth-order valence-corrected chi connectivity index (χ4v) is 4.41. The van der Waals surface area contributed by atoms with Gasteiger partial charge in [-0.2, -0.15) is 4.31 Å². The molecule has 0 radical (unpaired) electrons. The van der Waals surface area contributed by atoms with Crippen LogP contribution in [0.1, 0.15) is 37.0 Å². The average molecular weight is 347 g/mol. The summed E-state index contributed by atoms with van der Waals surface area (Å²) < 4.78 is 27.3. The third-order valence-electron chi connectivity index (χ3n) is 3.73. The topological polar surface area (TPSA) is 66.5 Å². The van der Waals surface area contributed by atoms with Crippen molar-refractivity contribution in [3.8, 4) is 0 Å². The van der Waals surface area contributed by atoms with Gasteiger partial charge >= 0.3 is 0 Å². The highest BCUT2D eigenvalue weighted by Gasteiger charge is 2.32. The summed E-state index contributed by atoms with van der Waals surface area (Å²) in [6, 6.07) is 6.30. The zero-order valence-electron chi connectivity index (χ0n) is 12.9. The molecule has 7 heteroatoms. The summed E-state index contributed by atoms with van der Waals surface area (Å²) in [5, 5.41) is 3.20. The van der Waals surface area contributed by atoms with E-state index in [4.69, 9.17) is 0 Å². The van der Waals surface area contributed by atoms with E-state index in [-0.39, 0.29) is 29.1 Å². The molecule has 22 heavy (non-hydrogen) atoms. The monoisotopic (exact) mass is 346 g/mol. The quantitative estimate of drug-likeness (QED) is 0.801. The maximum atomic E-state index is 12.9. The van der Waals surface area contributed by atoms with Crippen molar-refractivity contribution in [3.63, 3.8) is 0 Å². The van der Waals surface area contributed by atoms with Crippen molar-refractivity contribution in [2.45, 2.75) is 37.6 Å². The van der Waals surface area contributed by atoms with Crippen molar-refractivity contribution in [1.29, 1.82) is 0 Å². The molecule has 0 bridgehead atoms. The molecule has 1 aliphatic rings. The van der Waals surface area contributed by atoms with Crippen LogP contribution in [0.3, 0.4) is 0 Å². The number of carbonyl (C=O) groups is 1. The number of sulfonamides is 1. The maximum Gasteiger partial charge on any atom is 0.243 e. The van der Waals surface area contributed by atoms with Gasteiger partial charge in [0.2, 0.25) is 10.0 Å². The standard InChI is InChI=1S/C15H22N2O3S.ClH/c1-3-9-17(14-7-8-16-11-14)21(19,20)15-6-4-5-13(10-15)12(2)18;/h4-6,10,14,16H,3,7-9,11H2,1-2H3;1H. The van der Waals surface area contributed by atoms with Crippen molar-refractivity contribution < 1.29 is 13.2 Å². The van der Waals surface area contributed by atoms with Gasteiger partial charge in [-0.1, -0.05) is 19.1 Å². The van der Waals surface area contributed by atoms with E-state index >= 15 is 0 Å². The Kier molecular flexibility index (Phi) is 6.99. The number of nitrogens with one attached hydrogen (secondary N) is 1. The van der Waals surface area contributed by atoms with E-state index in [0.29, 0.717) is 18.7 Å². The molecular weight excluding hydrogens is 324 g/mol. The molecule has 1 N–H and O–H groups in total. The third kappa shape index (κ3) is 4.07. The Hall–Kier alpha value is -0.950. The number of nitrogens with zero attached hydrogens (tertiary/aromatic N) is 1. The van der Waals surface area contributed by atoms with E-state index in [1.165, 1.54) is 13.0 Å². The van der Waals surface area contributed by atoms with E-state index in [0.717, 1.165) is 19.4 Å². The highest BCUT2D eigenvalue weighted by atomic mass is 35.5. The minimum atomic E-state index is -3.56. The fourth-order valence-electron chi connectivity index (χ4n) is 2.62. The molecule has 0 aromatic heterocycles. The molecule has 0 aliphatic carbocycles. The Labute approximate surface area is 138 Å². The van der Waals surface area contributed by atoms with E-state index in [2.05, 4.69) is 5.32 Å². The van der Waals surface area contributed by atoms with Gasteiger partial charge in [-0.25, -0.2) is 8.42 Å². The number of ketones is 1. The zero-order chi connectivity index (χ0) is 15.5. The van der Waals surface area contributed by atoms with Crippen LogP contribution in [0.15, 0.2) is 29.2 Å². The molecule has 1 saturated heterocycles. The summed E-state index contributed by atoms with van der Waals surface area (Å²) in [6.45, 7) is 5.44. The molecule has 0 amide bonds. The molecule has 2 rings (SSSR count). The first-order valence-corrected chi connectivity index (χ1v) is 8.74. The summed E-state index contributed by atoms with van der Waals surface area (Å²) >= 11 is 0. The molecule has 1 aliphatic heterocycles. The molecule has 1 atom stereocenters. The Balaban J connectivity index is 0.00000242. The van der Waals surface area contributed by atoms with Crippen LogP contribution in [0.25, 0.3) is 0 Å². The van der Waals surface area contributed by atoms with Gasteiger partial charge < -0.3 is 5.32 Å². The largest absolute Gasteiger partial charge is 0.315 e. The summed E-state index contributed by atoms with van der Waals surface area (Å²) in [5.41, 5.74) is 0.428. The number of rotatable bonds is 6. The predicted molar refractivity (Wildman–Crippen MR) is 89.2 cm³/mol. The van der Waals surface area contributed by atoms with Crippen molar-refractivity contribution in [2.24, 2.45) is 0 Å². The molecule has 1 fully saturated rings. The highest BCUT2D eigenvalue weighted by Crippen LogP contribution is 2.22. The van der Waals surface area contributed by atoms with E-state index in [1.807, 2.05) is 6.92 Å². The Morgan fingerprint density at radius 2 is 2.14 bits per heavy atom. The summed E-state index contributed by atoms with van der Waals surface area (Å²) in [5.74, 6) is -0.128. The Bertz CT molecular complexity index is 613. The van der Waals surface area contributed by atoms with Crippen LogP contribution in [0.2, 0.25) is 0 Å². The second-order valence-electron chi connectivity index (χ2n) is 5.35. The van der Waals surface area contributed by atoms with Crippen LogP contribution >= 0.6 is 12.4 Å². The van der Waals surface area contributed by atoms with E-state index < -0.39 is 10.0 Å². The minimum Gasteiger partial charge on any atom is -0.315 e. The van der Waals surface area contributed by atoms with Gasteiger partial charge in [-0.15, -0.1) is 12.4 Å². The van der Waals surface area contributed by atoms with Gasteiger partial charge in [0.25, 0.3) is 0 Å². The van der Waals surface area contributed by atoms with Gasteiger partial charge in [0.1, 0.15) is 0 Å². The van der Waals surface area contributed by atoms with Crippen LogP contribution in [-0.4, -0.2) is 44.2 Å². The molecule has 5 nitrogen and oxygen atoms in total. The molecule has 0 spiro atoms. The van der Waals surface area contributed by atoms with Gasteiger partial charge in [-0.05, 0) is 38.4 Å². The first-order chi connectivity index (χ1) is 9.96. The number of halogens is 1. The van der Waals surface area contributed by atoms with Crippen molar-refractivity contribution in [2.75, 3.05) is 19.6 Å². The lowest BCUT2D eigenvalue weighted by Crippen LogP contribution is -2.42. The Morgan fingerprint density at radius 1 is 1.41 bits per heavy atom. The molecule has 124 valence electrons. The molecular formula is C15H23ClN2O3S. The lowest BCUT2D eigenvalue weighted by molar-refractivity contribution is 0.101. The SMILES string of the molecule is CCCN(C1CCNC1)S(=O)(=O)c1cccc(C(C)=O)c1.Cl. The fraction of sp³-hybridized carbons (Fsp3) is 0.533. The smallest absolute Gasteiger partial charge is 0.243 e. The normalized spacial score (nSPS) is 18.2. The second-order valence-corrected chi connectivity index (χ2v) is 7.24. The number of carbonyl (C=O) groups excluding carboxylic acids is 1. The van der Waals surface area contributed by atoms with E-state index in [1.54, 1.807) is 22.5 Å². The first kappa shape index (κ1) is 19.1. The minimum absolute atomic E-state index is 0.